The van der Waals surface area contributed by atoms with E-state index in [0.29, 0.717) is 18.4 Å². The number of halogens is 1. The molecule has 0 aliphatic heterocycles. The van der Waals surface area contributed by atoms with E-state index in [4.69, 9.17) is 9.84 Å². The summed E-state index contributed by atoms with van der Waals surface area (Å²) in [7, 11) is 0. The summed E-state index contributed by atoms with van der Waals surface area (Å²) >= 11 is 2.06. The van der Waals surface area contributed by atoms with Gasteiger partial charge in [0, 0.05) is 47.4 Å². The molecule has 20 nitrogen and oxygen atoms in total. The molecule has 0 fully saturated rings. The van der Waals surface area contributed by atoms with Crippen molar-refractivity contribution in [3.63, 3.8) is 0 Å². The lowest BCUT2D eigenvalue weighted by atomic mass is 10.0. The lowest BCUT2D eigenvalue weighted by Crippen LogP contribution is -2.52. The minimum atomic E-state index is -1.46. The van der Waals surface area contributed by atoms with E-state index in [1.54, 1.807) is 49.4 Å². The van der Waals surface area contributed by atoms with Gasteiger partial charge in [-0.25, -0.2) is 14.4 Å². The monoisotopic (exact) mass is 1020 g/mol. The van der Waals surface area contributed by atoms with E-state index in [1.807, 2.05) is 0 Å². The maximum atomic E-state index is 13.3. The molecule has 3 aromatic rings. The second-order valence-corrected chi connectivity index (χ2v) is 16.2. The number of hydrogen-bond donors (Lipinski definition) is 10. The molecule has 0 aliphatic carbocycles. The van der Waals surface area contributed by atoms with Gasteiger partial charge in [0.2, 0.25) is 11.8 Å². The fraction of sp³-hybridized carbons (Fsp3) is 0.386. The molecule has 21 heteroatoms. The third-order valence-electron chi connectivity index (χ3n) is 9.65. The average Bonchev–Trinajstić information content (AvgIpc) is 3.26. The van der Waals surface area contributed by atoms with E-state index in [9.17, 15) is 58.5 Å². The van der Waals surface area contributed by atoms with E-state index in [2.05, 4.69) is 54.5 Å². The first-order chi connectivity index (χ1) is 30.9. The molecular weight excluding hydrogens is 963 g/mol. The van der Waals surface area contributed by atoms with Gasteiger partial charge in [0.15, 0.2) is 6.61 Å². The minimum absolute atomic E-state index is 0.0496. The SMILES string of the molecule is C[C@H](CCC(=O)O)NC(=O)N[C@@H](CCCCNC(=O)[C@H](Cc1ccccc1)NC(=O)COc1ccc(C[C@H](NC(=O)[C@H](CCC(=O)O)NC(=O)c2ccc(I)cc2)C(=O)O)cc1)C(=O)O. The molecule has 65 heavy (non-hydrogen) atoms. The Morgan fingerprint density at radius 1 is 0.585 bits per heavy atom. The topological polar surface area (TPSA) is 316 Å². The Morgan fingerprint density at radius 2 is 1.18 bits per heavy atom. The Labute approximate surface area is 387 Å². The first-order valence-electron chi connectivity index (χ1n) is 20.6. The summed E-state index contributed by atoms with van der Waals surface area (Å²) in [5, 5.41) is 52.7. The molecular formula is C44H53IN6O14. The van der Waals surface area contributed by atoms with Crippen molar-refractivity contribution in [3.05, 3.63) is 99.1 Å². The van der Waals surface area contributed by atoms with Crippen LogP contribution in [0.1, 0.15) is 73.4 Å². The maximum Gasteiger partial charge on any atom is 0.326 e. The molecule has 0 radical (unpaired) electrons. The van der Waals surface area contributed by atoms with Gasteiger partial charge in [0.1, 0.15) is 29.9 Å². The number of carboxylic acid groups (broad SMARTS) is 4. The number of amides is 6. The van der Waals surface area contributed by atoms with Crippen LogP contribution in [0.5, 0.6) is 5.75 Å². The van der Waals surface area contributed by atoms with Crippen LogP contribution in [0.25, 0.3) is 0 Å². The number of carbonyl (C=O) groups excluding carboxylic acids is 5. The number of ether oxygens (including phenoxy) is 1. The van der Waals surface area contributed by atoms with Crippen LogP contribution in [0.2, 0.25) is 0 Å². The third kappa shape index (κ3) is 20.5. The molecule has 3 rings (SSSR count). The van der Waals surface area contributed by atoms with Crippen LogP contribution in [0.3, 0.4) is 0 Å². The van der Waals surface area contributed by atoms with Gasteiger partial charge in [-0.3, -0.25) is 28.8 Å². The smallest absolute Gasteiger partial charge is 0.326 e. The lowest BCUT2D eigenvalue weighted by molar-refractivity contribution is -0.142. The number of benzene rings is 3. The van der Waals surface area contributed by atoms with Crippen LogP contribution in [0.15, 0.2) is 78.9 Å². The Hall–Kier alpha value is -6.78. The summed E-state index contributed by atoms with van der Waals surface area (Å²) in [6.07, 6.45) is -0.105. The lowest BCUT2D eigenvalue weighted by Gasteiger charge is -2.21. The van der Waals surface area contributed by atoms with Crippen molar-refractivity contribution < 1.29 is 68.3 Å². The zero-order chi connectivity index (χ0) is 47.9. The molecule has 0 heterocycles. The van der Waals surface area contributed by atoms with Gasteiger partial charge in [0.25, 0.3) is 11.8 Å². The summed E-state index contributed by atoms with van der Waals surface area (Å²) < 4.78 is 6.49. The van der Waals surface area contributed by atoms with E-state index in [0.717, 1.165) is 9.13 Å². The van der Waals surface area contributed by atoms with Crippen LogP contribution < -0.4 is 36.6 Å². The van der Waals surface area contributed by atoms with Crippen molar-refractivity contribution in [1.82, 2.24) is 31.9 Å². The summed E-state index contributed by atoms with van der Waals surface area (Å²) in [5.74, 6) is -7.30. The van der Waals surface area contributed by atoms with E-state index in [1.165, 1.54) is 36.4 Å². The molecule has 0 aromatic heterocycles. The van der Waals surface area contributed by atoms with E-state index in [-0.39, 0.29) is 56.4 Å². The number of urea groups is 1. The van der Waals surface area contributed by atoms with Gasteiger partial charge < -0.3 is 57.1 Å². The van der Waals surface area contributed by atoms with Crippen molar-refractivity contribution in [1.29, 1.82) is 0 Å². The van der Waals surface area contributed by atoms with Crippen molar-refractivity contribution in [2.45, 2.75) is 94.9 Å². The number of unbranched alkanes of at least 4 members (excludes halogenated alkanes) is 1. The second-order valence-electron chi connectivity index (χ2n) is 14.9. The van der Waals surface area contributed by atoms with Crippen LogP contribution in [-0.4, -0.2) is 117 Å². The number of hydrogen-bond acceptors (Lipinski definition) is 10. The average molecular weight is 1020 g/mol. The zero-order valence-corrected chi connectivity index (χ0v) is 37.6. The highest BCUT2D eigenvalue weighted by atomic mass is 127. The van der Waals surface area contributed by atoms with Gasteiger partial charge in [-0.05, 0) is 109 Å². The van der Waals surface area contributed by atoms with Gasteiger partial charge in [-0.15, -0.1) is 0 Å². The first kappa shape index (κ1) is 52.6. The van der Waals surface area contributed by atoms with Gasteiger partial charge >= 0.3 is 29.9 Å². The molecule has 0 aliphatic rings. The molecule has 6 amide bonds. The minimum Gasteiger partial charge on any atom is -0.484 e. The molecule has 5 atom stereocenters. The largest absolute Gasteiger partial charge is 0.484 e. The van der Waals surface area contributed by atoms with Gasteiger partial charge in [-0.1, -0.05) is 42.5 Å². The summed E-state index contributed by atoms with van der Waals surface area (Å²) in [5.41, 5.74) is 1.44. The fourth-order valence-electron chi connectivity index (χ4n) is 6.15. The highest BCUT2D eigenvalue weighted by Gasteiger charge is 2.28. The van der Waals surface area contributed by atoms with Crippen LogP contribution >= 0.6 is 22.6 Å². The standard InChI is InChI=1S/C44H53IN6O14/c1-26(10-20-37(53)54)47-44(64)51-33(42(60)61)9-5-6-22-46-40(58)34(23-27-7-3-2-4-8-27)48-36(52)25-65-31-17-11-28(12-18-31)24-35(43(62)63)50-41(59)32(19-21-38(55)56)49-39(57)29-13-15-30(45)16-14-29/h2-4,7-8,11-18,26,32-35H,5-6,9-10,19-25H2,1H3,(H,46,58)(H,48,52)(H,49,57)(H,50,59)(H,53,54)(H,55,56)(H,60,61)(H,62,63)(H2,47,51,64)/t26-,32+,33+,34+,35+/m1/s1. The molecule has 0 saturated carbocycles. The summed E-state index contributed by atoms with van der Waals surface area (Å²) in [6, 6.07) is 15.1. The maximum absolute atomic E-state index is 13.3. The third-order valence-corrected chi connectivity index (χ3v) is 10.4. The molecule has 0 unspecified atom stereocenters. The first-order valence-corrected chi connectivity index (χ1v) is 21.6. The molecule has 3 aromatic carbocycles. The number of nitrogens with one attached hydrogen (secondary N) is 6. The van der Waals surface area contributed by atoms with Crippen LogP contribution in [0.4, 0.5) is 4.79 Å². The Morgan fingerprint density at radius 3 is 1.80 bits per heavy atom. The number of carboxylic acids is 4. The normalized spacial score (nSPS) is 13.0. The Bertz CT molecular complexity index is 2110. The second kappa shape index (κ2) is 27.4. The van der Waals surface area contributed by atoms with Gasteiger partial charge in [-0.2, -0.15) is 0 Å². The van der Waals surface area contributed by atoms with Gasteiger partial charge in [0.05, 0.1) is 0 Å². The fourth-order valence-corrected chi connectivity index (χ4v) is 6.51. The Balaban J connectivity index is 1.53. The number of aliphatic carboxylic acids is 4. The van der Waals surface area contributed by atoms with Crippen molar-refractivity contribution in [3.8, 4) is 5.75 Å². The highest BCUT2D eigenvalue weighted by molar-refractivity contribution is 14.1. The van der Waals surface area contributed by atoms with Crippen LogP contribution in [0, 0.1) is 3.57 Å². The van der Waals surface area contributed by atoms with Crippen molar-refractivity contribution in [2.75, 3.05) is 13.2 Å². The van der Waals surface area contributed by atoms with Crippen molar-refractivity contribution >= 4 is 76.1 Å². The quantitative estimate of drug-likeness (QED) is 0.0369. The van der Waals surface area contributed by atoms with E-state index < -0.39 is 96.8 Å². The highest BCUT2D eigenvalue weighted by Crippen LogP contribution is 2.15. The summed E-state index contributed by atoms with van der Waals surface area (Å²) in [6.45, 7) is 1.24. The summed E-state index contributed by atoms with van der Waals surface area (Å²) in [4.78, 5) is 111. The van der Waals surface area contributed by atoms with Crippen LogP contribution in [-0.2, 0) is 46.4 Å². The molecule has 0 saturated heterocycles. The predicted molar refractivity (Wildman–Crippen MR) is 241 cm³/mol. The number of rotatable bonds is 28. The predicted octanol–water partition coefficient (Wildman–Crippen LogP) is 2.47. The zero-order valence-electron chi connectivity index (χ0n) is 35.4. The molecule has 0 spiro atoms. The Kier molecular flexibility index (Phi) is 22.2. The molecule has 10 N–H and O–H groups in total. The van der Waals surface area contributed by atoms with Crippen molar-refractivity contribution in [2.24, 2.45) is 0 Å². The molecule has 350 valence electrons. The number of carbonyl (C=O) groups is 9. The molecule has 0 bridgehead atoms. The van der Waals surface area contributed by atoms with E-state index >= 15 is 0 Å².